The maximum absolute atomic E-state index is 12.7. The third kappa shape index (κ3) is 4.61. The zero-order valence-corrected chi connectivity index (χ0v) is 11.6. The third-order valence-electron chi connectivity index (χ3n) is 2.36. The van der Waals surface area contributed by atoms with Crippen LogP contribution in [0.2, 0.25) is 5.02 Å². The van der Waals surface area contributed by atoms with Gasteiger partial charge in [-0.05, 0) is 25.1 Å². The molecule has 0 saturated heterocycles. The van der Waals surface area contributed by atoms with Crippen LogP contribution in [0.25, 0.3) is 0 Å². The van der Waals surface area contributed by atoms with E-state index in [4.69, 9.17) is 17.3 Å². The highest BCUT2D eigenvalue weighted by Crippen LogP contribution is 2.36. The number of esters is 1. The molecule has 9 heteroatoms. The Hall–Kier alpha value is -1.80. The SMILES string of the molecule is CCOC(=O)C(N)C(=O)Nc1ccc(Cl)c(C(F)(F)F)c1. The molecule has 3 N–H and O–H groups in total. The van der Waals surface area contributed by atoms with Gasteiger partial charge in [0.05, 0.1) is 17.2 Å². The van der Waals surface area contributed by atoms with E-state index in [2.05, 4.69) is 10.1 Å². The van der Waals surface area contributed by atoms with Crippen LogP contribution in [0.1, 0.15) is 12.5 Å². The van der Waals surface area contributed by atoms with E-state index < -0.39 is 34.7 Å². The van der Waals surface area contributed by atoms with Gasteiger partial charge in [0.2, 0.25) is 0 Å². The summed E-state index contributed by atoms with van der Waals surface area (Å²) in [5.74, 6) is -1.95. The summed E-state index contributed by atoms with van der Waals surface area (Å²) in [4.78, 5) is 22.9. The van der Waals surface area contributed by atoms with Crippen LogP contribution >= 0.6 is 11.6 Å². The number of ether oxygens (including phenoxy) is 1. The molecule has 1 aromatic rings. The first-order chi connectivity index (χ1) is 9.66. The lowest BCUT2D eigenvalue weighted by Crippen LogP contribution is -2.43. The molecule has 116 valence electrons. The van der Waals surface area contributed by atoms with Crippen LogP contribution in [0.5, 0.6) is 0 Å². The molecule has 0 saturated carbocycles. The average Bonchev–Trinajstić information content (AvgIpc) is 2.39. The lowest BCUT2D eigenvalue weighted by atomic mass is 10.2. The van der Waals surface area contributed by atoms with Gasteiger partial charge in [0.1, 0.15) is 0 Å². The summed E-state index contributed by atoms with van der Waals surface area (Å²) in [6.45, 7) is 1.55. The lowest BCUT2D eigenvalue weighted by Gasteiger charge is -2.14. The lowest BCUT2D eigenvalue weighted by molar-refractivity contribution is -0.147. The molecule has 5 nitrogen and oxygen atoms in total. The van der Waals surface area contributed by atoms with Gasteiger partial charge < -0.3 is 15.8 Å². The smallest absolute Gasteiger partial charge is 0.417 e. The van der Waals surface area contributed by atoms with Gasteiger partial charge in [-0.1, -0.05) is 11.6 Å². The fourth-order valence-corrected chi connectivity index (χ4v) is 1.60. The molecule has 0 spiro atoms. The Kier molecular flexibility index (Phi) is 5.56. The number of carbonyl (C=O) groups is 2. The van der Waals surface area contributed by atoms with Gasteiger partial charge in [0, 0.05) is 5.69 Å². The largest absolute Gasteiger partial charge is 0.464 e. The Morgan fingerprint density at radius 1 is 1.43 bits per heavy atom. The molecule has 0 fully saturated rings. The van der Waals surface area contributed by atoms with Crippen molar-refractivity contribution < 1.29 is 27.5 Å². The third-order valence-corrected chi connectivity index (χ3v) is 2.69. The Bertz CT molecular complexity index is 549. The summed E-state index contributed by atoms with van der Waals surface area (Å²) in [5, 5.41) is 1.59. The molecular weight excluding hydrogens is 313 g/mol. The van der Waals surface area contributed by atoms with Gasteiger partial charge >= 0.3 is 12.1 Å². The van der Waals surface area contributed by atoms with Crippen LogP contribution in [-0.4, -0.2) is 24.5 Å². The van der Waals surface area contributed by atoms with Crippen molar-refractivity contribution >= 4 is 29.2 Å². The van der Waals surface area contributed by atoms with Gasteiger partial charge in [-0.3, -0.25) is 4.79 Å². The van der Waals surface area contributed by atoms with Crippen LogP contribution < -0.4 is 11.1 Å². The van der Waals surface area contributed by atoms with E-state index in [1.165, 1.54) is 6.92 Å². The number of amides is 1. The normalized spacial score (nSPS) is 12.7. The molecule has 0 aliphatic heterocycles. The van der Waals surface area contributed by atoms with E-state index in [1.54, 1.807) is 0 Å². The first kappa shape index (κ1) is 17.3. The number of benzene rings is 1. The first-order valence-corrected chi connectivity index (χ1v) is 6.14. The van der Waals surface area contributed by atoms with Crippen LogP contribution in [0.15, 0.2) is 18.2 Å². The second-order valence-electron chi connectivity index (χ2n) is 3.91. The van der Waals surface area contributed by atoms with Gasteiger partial charge in [0.15, 0.2) is 6.04 Å². The fraction of sp³-hybridized carbons (Fsp3) is 0.333. The number of rotatable bonds is 4. The minimum absolute atomic E-state index is 0.0268. The molecule has 1 rings (SSSR count). The fourth-order valence-electron chi connectivity index (χ4n) is 1.38. The van der Waals surface area contributed by atoms with E-state index in [1.807, 2.05) is 0 Å². The van der Waals surface area contributed by atoms with Crippen LogP contribution in [-0.2, 0) is 20.5 Å². The molecule has 1 atom stereocenters. The van der Waals surface area contributed by atoms with Crippen molar-refractivity contribution in [1.82, 2.24) is 0 Å². The van der Waals surface area contributed by atoms with Gasteiger partial charge in [-0.25, -0.2) is 4.79 Å². The molecule has 0 aromatic heterocycles. The molecule has 0 aliphatic carbocycles. The zero-order valence-electron chi connectivity index (χ0n) is 10.8. The van der Waals surface area contributed by atoms with E-state index in [0.29, 0.717) is 6.07 Å². The molecule has 0 heterocycles. The number of hydrogen-bond acceptors (Lipinski definition) is 4. The molecule has 1 amide bonds. The number of halogens is 4. The Labute approximate surface area is 123 Å². The van der Waals surface area contributed by atoms with Crippen LogP contribution in [0.3, 0.4) is 0 Å². The molecule has 0 aliphatic rings. The van der Waals surface area contributed by atoms with E-state index in [9.17, 15) is 22.8 Å². The van der Waals surface area contributed by atoms with Crippen LogP contribution in [0, 0.1) is 0 Å². The van der Waals surface area contributed by atoms with Crippen molar-refractivity contribution in [2.24, 2.45) is 5.73 Å². The van der Waals surface area contributed by atoms with Gasteiger partial charge in [-0.15, -0.1) is 0 Å². The Balaban J connectivity index is 2.89. The number of anilines is 1. The van der Waals surface area contributed by atoms with E-state index >= 15 is 0 Å². The van der Waals surface area contributed by atoms with Gasteiger partial charge in [-0.2, -0.15) is 13.2 Å². The van der Waals surface area contributed by atoms with Crippen molar-refractivity contribution in [3.05, 3.63) is 28.8 Å². The predicted octanol–water partition coefficient (Wildman–Crippen LogP) is 2.19. The Morgan fingerprint density at radius 3 is 2.57 bits per heavy atom. The molecule has 0 bridgehead atoms. The zero-order chi connectivity index (χ0) is 16.2. The second-order valence-corrected chi connectivity index (χ2v) is 4.32. The second kappa shape index (κ2) is 6.77. The molecule has 21 heavy (non-hydrogen) atoms. The first-order valence-electron chi connectivity index (χ1n) is 5.76. The maximum Gasteiger partial charge on any atom is 0.417 e. The number of alkyl halides is 3. The van der Waals surface area contributed by atoms with Gasteiger partial charge in [0.25, 0.3) is 5.91 Å². The van der Waals surface area contributed by atoms with Crippen molar-refractivity contribution in [1.29, 1.82) is 0 Å². The quantitative estimate of drug-likeness (QED) is 0.657. The van der Waals surface area contributed by atoms with Crippen molar-refractivity contribution in [2.75, 3.05) is 11.9 Å². The summed E-state index contributed by atoms with van der Waals surface area (Å²) in [5.41, 5.74) is 4.02. The number of nitrogens with one attached hydrogen (secondary N) is 1. The predicted molar refractivity (Wildman–Crippen MR) is 69.7 cm³/mol. The maximum atomic E-state index is 12.7. The summed E-state index contributed by atoms with van der Waals surface area (Å²) in [6.07, 6.45) is -4.67. The highest BCUT2D eigenvalue weighted by atomic mass is 35.5. The van der Waals surface area contributed by atoms with Crippen LogP contribution in [0.4, 0.5) is 18.9 Å². The molecule has 1 aromatic carbocycles. The summed E-state index contributed by atoms with van der Waals surface area (Å²) < 4.78 is 42.5. The monoisotopic (exact) mass is 324 g/mol. The molecular formula is C12H12ClF3N2O3. The van der Waals surface area contributed by atoms with Crippen molar-refractivity contribution in [2.45, 2.75) is 19.1 Å². The van der Waals surface area contributed by atoms with E-state index in [-0.39, 0.29) is 12.3 Å². The highest BCUT2D eigenvalue weighted by molar-refractivity contribution is 6.31. The summed E-state index contributed by atoms with van der Waals surface area (Å²) in [7, 11) is 0. The topological polar surface area (TPSA) is 81.4 Å². The average molecular weight is 325 g/mol. The molecule has 1 unspecified atom stereocenters. The number of carbonyl (C=O) groups excluding carboxylic acids is 2. The number of nitrogens with two attached hydrogens (primary N) is 1. The highest BCUT2D eigenvalue weighted by Gasteiger charge is 2.33. The number of hydrogen-bond donors (Lipinski definition) is 2. The standard InChI is InChI=1S/C12H12ClF3N2O3/c1-2-21-11(20)9(17)10(19)18-6-3-4-8(13)7(5-6)12(14,15)16/h3-5,9H,2,17H2,1H3,(H,18,19). The summed E-state index contributed by atoms with van der Waals surface area (Å²) >= 11 is 5.44. The summed E-state index contributed by atoms with van der Waals surface area (Å²) in [6, 6.07) is 1.16. The van der Waals surface area contributed by atoms with Crippen molar-refractivity contribution in [3.63, 3.8) is 0 Å². The van der Waals surface area contributed by atoms with E-state index in [0.717, 1.165) is 12.1 Å². The minimum Gasteiger partial charge on any atom is -0.464 e. The molecule has 0 radical (unpaired) electrons. The van der Waals surface area contributed by atoms with Crippen molar-refractivity contribution in [3.8, 4) is 0 Å². The minimum atomic E-state index is -4.67. The Morgan fingerprint density at radius 2 is 2.05 bits per heavy atom.